The number of hydrogen-bond donors (Lipinski definition) is 1. The maximum atomic E-state index is 13.2. The molecule has 0 radical (unpaired) electrons. The van der Waals surface area contributed by atoms with E-state index in [1.165, 1.54) is 45.0 Å². The molecule has 0 spiro atoms. The predicted octanol–water partition coefficient (Wildman–Crippen LogP) is -2.29. The van der Waals surface area contributed by atoms with Crippen LogP contribution in [-0.4, -0.2) is 42.4 Å². The van der Waals surface area contributed by atoms with Gasteiger partial charge in [0.05, 0.1) is 24.2 Å². The van der Waals surface area contributed by atoms with Gasteiger partial charge in [-0.15, -0.1) is 0 Å². The molecule has 0 saturated heterocycles. The van der Waals surface area contributed by atoms with E-state index < -0.39 is 35.1 Å². The second kappa shape index (κ2) is 6.87. The molecule has 1 atom stereocenters. The SMILES string of the molecule is Cn1cnc2c1c(=O)n(CC(C(N)=S)n1c(=O)c3c(ncn3C)n(C)c1=O)c(=O)n2C. The second-order valence-electron chi connectivity index (χ2n) is 7.25. The van der Waals surface area contributed by atoms with Gasteiger partial charge in [0, 0.05) is 28.2 Å². The molecular weight excluding hydrogens is 426 g/mol. The van der Waals surface area contributed by atoms with Crippen LogP contribution in [0.3, 0.4) is 0 Å². The summed E-state index contributed by atoms with van der Waals surface area (Å²) in [7, 11) is 6.15. The smallest absolute Gasteiger partial charge is 0.333 e. The van der Waals surface area contributed by atoms with Crippen LogP contribution in [0.2, 0.25) is 0 Å². The van der Waals surface area contributed by atoms with Crippen LogP contribution in [0.25, 0.3) is 22.3 Å². The van der Waals surface area contributed by atoms with E-state index in [4.69, 9.17) is 18.0 Å². The predicted molar refractivity (Wildman–Crippen MR) is 116 cm³/mol. The van der Waals surface area contributed by atoms with Crippen molar-refractivity contribution in [2.24, 2.45) is 33.9 Å². The summed E-state index contributed by atoms with van der Waals surface area (Å²) < 4.78 is 7.10. The van der Waals surface area contributed by atoms with Crippen LogP contribution < -0.4 is 28.2 Å². The summed E-state index contributed by atoms with van der Waals surface area (Å²) in [4.78, 5) is 60.0. The summed E-state index contributed by atoms with van der Waals surface area (Å²) in [5, 5.41) is 0. The molecule has 0 aliphatic heterocycles. The fourth-order valence-electron chi connectivity index (χ4n) is 3.67. The number of aromatic nitrogens is 8. The minimum atomic E-state index is -1.23. The van der Waals surface area contributed by atoms with Crippen LogP contribution in [0.1, 0.15) is 6.04 Å². The zero-order valence-electron chi connectivity index (χ0n) is 17.1. The lowest BCUT2D eigenvalue weighted by Crippen LogP contribution is -2.49. The van der Waals surface area contributed by atoms with Crippen molar-refractivity contribution in [2.45, 2.75) is 12.6 Å². The Hall–Kier alpha value is -3.81. The topological polar surface area (TPSA) is 150 Å². The van der Waals surface area contributed by atoms with E-state index in [9.17, 15) is 19.2 Å². The first kappa shape index (κ1) is 20.5. The lowest BCUT2D eigenvalue weighted by molar-refractivity contribution is 0.466. The first-order chi connectivity index (χ1) is 14.6. The molecule has 31 heavy (non-hydrogen) atoms. The van der Waals surface area contributed by atoms with Gasteiger partial charge >= 0.3 is 11.4 Å². The zero-order valence-corrected chi connectivity index (χ0v) is 18.0. The van der Waals surface area contributed by atoms with Gasteiger partial charge in [0.1, 0.15) is 6.04 Å². The zero-order chi connectivity index (χ0) is 22.8. The van der Waals surface area contributed by atoms with Crippen molar-refractivity contribution in [1.29, 1.82) is 0 Å². The number of thiocarbonyl (C=S) groups is 1. The van der Waals surface area contributed by atoms with Crippen molar-refractivity contribution in [1.82, 2.24) is 37.4 Å². The number of nitrogens with zero attached hydrogens (tertiary/aromatic N) is 8. The molecule has 1 unspecified atom stereocenters. The lowest BCUT2D eigenvalue weighted by Gasteiger charge is -2.20. The van der Waals surface area contributed by atoms with Crippen LogP contribution in [0.15, 0.2) is 31.8 Å². The number of aryl methyl sites for hydroxylation is 4. The Morgan fingerprint density at radius 3 is 1.90 bits per heavy atom. The van der Waals surface area contributed by atoms with Gasteiger partial charge < -0.3 is 14.9 Å². The Labute approximate surface area is 178 Å². The van der Waals surface area contributed by atoms with Crippen LogP contribution in [-0.2, 0) is 34.7 Å². The van der Waals surface area contributed by atoms with E-state index in [0.717, 1.165) is 9.13 Å². The van der Waals surface area contributed by atoms with E-state index in [2.05, 4.69) is 9.97 Å². The van der Waals surface area contributed by atoms with Gasteiger partial charge in [-0.25, -0.2) is 24.1 Å². The Morgan fingerprint density at radius 2 is 1.39 bits per heavy atom. The van der Waals surface area contributed by atoms with Gasteiger partial charge in [-0.05, 0) is 0 Å². The van der Waals surface area contributed by atoms with Crippen molar-refractivity contribution < 1.29 is 0 Å². The van der Waals surface area contributed by atoms with E-state index in [1.54, 1.807) is 14.1 Å². The van der Waals surface area contributed by atoms with Gasteiger partial charge in [-0.1, -0.05) is 12.2 Å². The van der Waals surface area contributed by atoms with Crippen molar-refractivity contribution in [3.8, 4) is 0 Å². The van der Waals surface area contributed by atoms with Gasteiger partial charge in [-0.2, -0.15) is 0 Å². The molecule has 0 saturated carbocycles. The van der Waals surface area contributed by atoms with Crippen LogP contribution in [0.4, 0.5) is 0 Å². The average Bonchev–Trinajstić information content (AvgIpc) is 3.29. The molecule has 0 fully saturated rings. The number of imidazole rings is 2. The molecule has 4 heterocycles. The molecule has 2 N–H and O–H groups in total. The maximum absolute atomic E-state index is 13.2. The average molecular weight is 445 g/mol. The number of rotatable bonds is 4. The molecule has 4 rings (SSSR count). The Morgan fingerprint density at radius 1 is 0.903 bits per heavy atom. The Bertz CT molecular complexity index is 1630. The largest absolute Gasteiger partial charge is 0.392 e. The van der Waals surface area contributed by atoms with Gasteiger partial charge in [-0.3, -0.25) is 23.3 Å². The minimum absolute atomic E-state index is 0.158. The van der Waals surface area contributed by atoms with E-state index in [1.807, 2.05) is 0 Å². The molecule has 4 aromatic heterocycles. The van der Waals surface area contributed by atoms with E-state index in [-0.39, 0.29) is 27.3 Å². The molecule has 14 heteroatoms. The third-order valence-electron chi connectivity index (χ3n) is 5.35. The molecule has 4 aromatic rings. The van der Waals surface area contributed by atoms with Crippen molar-refractivity contribution >= 4 is 39.5 Å². The quantitative estimate of drug-likeness (QED) is 0.345. The highest BCUT2D eigenvalue weighted by atomic mass is 32.1. The summed E-state index contributed by atoms with van der Waals surface area (Å²) in [6, 6.07) is -1.23. The summed E-state index contributed by atoms with van der Waals surface area (Å²) in [6.45, 7) is -0.402. The highest BCUT2D eigenvalue weighted by Crippen LogP contribution is 2.10. The van der Waals surface area contributed by atoms with E-state index >= 15 is 0 Å². The number of hydrogen-bond acceptors (Lipinski definition) is 7. The van der Waals surface area contributed by atoms with E-state index in [0.29, 0.717) is 0 Å². The Balaban J connectivity index is 2.02. The monoisotopic (exact) mass is 445 g/mol. The third kappa shape index (κ3) is 2.78. The van der Waals surface area contributed by atoms with Crippen LogP contribution in [0, 0.1) is 0 Å². The van der Waals surface area contributed by atoms with Gasteiger partial charge in [0.2, 0.25) is 0 Å². The fourth-order valence-corrected chi connectivity index (χ4v) is 3.85. The van der Waals surface area contributed by atoms with Gasteiger partial charge in [0.15, 0.2) is 22.3 Å². The van der Waals surface area contributed by atoms with Gasteiger partial charge in [0.25, 0.3) is 11.1 Å². The molecule has 162 valence electrons. The van der Waals surface area contributed by atoms with Crippen molar-refractivity contribution in [2.75, 3.05) is 0 Å². The summed E-state index contributed by atoms with van der Waals surface area (Å²) >= 11 is 5.13. The second-order valence-corrected chi connectivity index (χ2v) is 7.72. The minimum Gasteiger partial charge on any atom is -0.392 e. The maximum Gasteiger partial charge on any atom is 0.333 e. The number of nitrogens with two attached hydrogens (primary N) is 1. The molecule has 0 amide bonds. The summed E-state index contributed by atoms with van der Waals surface area (Å²) in [5.74, 6) is 0. The molecular formula is C17H19N9O4S. The molecule has 0 aliphatic rings. The molecule has 0 bridgehead atoms. The molecule has 13 nitrogen and oxygen atoms in total. The summed E-state index contributed by atoms with van der Waals surface area (Å²) in [5.41, 5.74) is 3.92. The molecule has 0 aromatic carbocycles. The molecule has 0 aliphatic carbocycles. The third-order valence-corrected chi connectivity index (χ3v) is 5.62. The first-order valence-corrected chi connectivity index (χ1v) is 9.49. The number of fused-ring (bicyclic) bond motifs is 2. The first-order valence-electron chi connectivity index (χ1n) is 9.09. The standard InChI is InChI=1S/C17H19N9O4S/c1-21-6-19-12-9(21)14(27)25(16(29)23(12)3)5-8(11(18)31)26-15(28)10-13(20-7-22(10)2)24(4)17(26)30/h6-8H,5H2,1-4H3,(H2,18,31). The Kier molecular flexibility index (Phi) is 4.53. The fraction of sp³-hybridized carbons (Fsp3) is 0.353. The highest BCUT2D eigenvalue weighted by molar-refractivity contribution is 7.80. The normalized spacial score (nSPS) is 12.6. The summed E-state index contributed by atoms with van der Waals surface area (Å²) in [6.07, 6.45) is 2.82. The highest BCUT2D eigenvalue weighted by Gasteiger charge is 2.26. The van der Waals surface area contributed by atoms with Crippen LogP contribution in [0.5, 0.6) is 0 Å². The van der Waals surface area contributed by atoms with Crippen molar-refractivity contribution in [3.63, 3.8) is 0 Å². The lowest BCUT2D eigenvalue weighted by atomic mass is 10.2. The van der Waals surface area contributed by atoms with Crippen LogP contribution >= 0.6 is 12.2 Å². The van der Waals surface area contributed by atoms with Crippen molar-refractivity contribution in [3.05, 3.63) is 54.3 Å².